The molecular formula is C14H28N2O. The van der Waals surface area contributed by atoms with Crippen molar-refractivity contribution in [2.75, 3.05) is 13.1 Å². The van der Waals surface area contributed by atoms with Crippen LogP contribution in [0.25, 0.3) is 0 Å². The minimum absolute atomic E-state index is 0.415. The van der Waals surface area contributed by atoms with Crippen LogP contribution in [-0.2, 0) is 0 Å². The van der Waals surface area contributed by atoms with E-state index in [2.05, 4.69) is 23.5 Å². The molecule has 0 bridgehead atoms. The Kier molecular flexibility index (Phi) is 14.4. The van der Waals surface area contributed by atoms with E-state index in [1.807, 2.05) is 6.20 Å². The average molecular weight is 240 g/mol. The van der Waals surface area contributed by atoms with Crippen LogP contribution in [0.3, 0.4) is 0 Å². The first-order chi connectivity index (χ1) is 8.41. The summed E-state index contributed by atoms with van der Waals surface area (Å²) in [5, 5.41) is 5.97. The second kappa shape index (κ2) is 15.1. The van der Waals surface area contributed by atoms with E-state index in [1.165, 1.54) is 44.9 Å². The molecule has 0 atom stereocenters. The van der Waals surface area contributed by atoms with Crippen molar-refractivity contribution in [3.63, 3.8) is 0 Å². The van der Waals surface area contributed by atoms with Crippen molar-refractivity contribution in [2.45, 2.75) is 64.7 Å². The van der Waals surface area contributed by atoms with E-state index in [0.717, 1.165) is 19.4 Å². The van der Waals surface area contributed by atoms with Gasteiger partial charge in [-0.25, -0.2) is 0 Å². The fourth-order valence-electron chi connectivity index (χ4n) is 1.71. The molecule has 3 nitrogen and oxygen atoms in total. The highest BCUT2D eigenvalue weighted by atomic mass is 16.3. The average Bonchev–Trinajstić information content (AvgIpc) is 2.35. The number of rotatable bonds is 13. The molecule has 0 aromatic carbocycles. The largest absolute Gasteiger partial charge is 0.391 e. The monoisotopic (exact) mass is 240 g/mol. The van der Waals surface area contributed by atoms with Crippen LogP contribution in [0.1, 0.15) is 64.7 Å². The van der Waals surface area contributed by atoms with Crippen molar-refractivity contribution < 1.29 is 0 Å². The van der Waals surface area contributed by atoms with Crippen molar-refractivity contribution >= 4 is 0 Å². The first kappa shape index (κ1) is 16.1. The van der Waals surface area contributed by atoms with Crippen molar-refractivity contribution in [1.29, 1.82) is 0 Å². The third-order valence-electron chi connectivity index (χ3n) is 2.78. The van der Waals surface area contributed by atoms with Crippen LogP contribution in [0.4, 0.5) is 0 Å². The number of unbranched alkanes of at least 4 members (excludes halogenated alkanes) is 7. The van der Waals surface area contributed by atoms with Gasteiger partial charge < -0.3 is 5.32 Å². The maximum atomic E-state index is 9.81. The van der Waals surface area contributed by atoms with Crippen molar-refractivity contribution in [1.82, 2.24) is 5.32 Å². The molecule has 17 heavy (non-hydrogen) atoms. The van der Waals surface area contributed by atoms with Gasteiger partial charge in [-0.15, -0.1) is 0 Å². The molecule has 0 heterocycles. The standard InChI is InChI=1S/C14H28N2O/c1-2-3-4-5-6-7-8-9-10-12-15-13-11-14-16-17/h10,12,15H,2-9,11,13-14H2,1H3. The van der Waals surface area contributed by atoms with Gasteiger partial charge in [-0.1, -0.05) is 56.7 Å². The van der Waals surface area contributed by atoms with Crippen molar-refractivity contribution in [3.05, 3.63) is 17.2 Å². The first-order valence-electron chi connectivity index (χ1n) is 7.09. The van der Waals surface area contributed by atoms with E-state index >= 15 is 0 Å². The Labute approximate surface area is 106 Å². The summed E-state index contributed by atoms with van der Waals surface area (Å²) in [5.41, 5.74) is 0. The maximum absolute atomic E-state index is 9.81. The van der Waals surface area contributed by atoms with Crippen LogP contribution < -0.4 is 5.32 Å². The molecule has 0 aliphatic carbocycles. The molecule has 0 amide bonds. The molecule has 0 aliphatic heterocycles. The van der Waals surface area contributed by atoms with Crippen LogP contribution in [0, 0.1) is 4.91 Å². The zero-order valence-corrected chi connectivity index (χ0v) is 11.3. The van der Waals surface area contributed by atoms with E-state index in [9.17, 15) is 4.91 Å². The van der Waals surface area contributed by atoms with Gasteiger partial charge >= 0.3 is 0 Å². The van der Waals surface area contributed by atoms with Gasteiger partial charge in [0.2, 0.25) is 0 Å². The Morgan fingerprint density at radius 2 is 1.71 bits per heavy atom. The fourth-order valence-corrected chi connectivity index (χ4v) is 1.71. The summed E-state index contributed by atoms with van der Waals surface area (Å²) in [6, 6.07) is 0. The highest BCUT2D eigenvalue weighted by Gasteiger charge is 1.89. The van der Waals surface area contributed by atoms with Gasteiger partial charge in [0.25, 0.3) is 0 Å². The van der Waals surface area contributed by atoms with E-state index in [1.54, 1.807) is 0 Å². The molecule has 0 rings (SSSR count). The summed E-state index contributed by atoms with van der Waals surface area (Å²) in [4.78, 5) is 9.81. The van der Waals surface area contributed by atoms with Gasteiger partial charge in [-0.3, -0.25) is 0 Å². The van der Waals surface area contributed by atoms with Gasteiger partial charge in [-0.05, 0) is 25.5 Å². The van der Waals surface area contributed by atoms with E-state index < -0.39 is 0 Å². The lowest BCUT2D eigenvalue weighted by molar-refractivity contribution is 0.591. The minimum Gasteiger partial charge on any atom is -0.391 e. The summed E-state index contributed by atoms with van der Waals surface area (Å²) in [7, 11) is 0. The van der Waals surface area contributed by atoms with Crippen LogP contribution in [0.5, 0.6) is 0 Å². The van der Waals surface area contributed by atoms with E-state index in [0.29, 0.717) is 6.54 Å². The van der Waals surface area contributed by atoms with Gasteiger partial charge in [0.15, 0.2) is 0 Å². The molecule has 0 radical (unpaired) electrons. The van der Waals surface area contributed by atoms with E-state index in [-0.39, 0.29) is 0 Å². The van der Waals surface area contributed by atoms with Crippen LogP contribution in [-0.4, -0.2) is 13.1 Å². The quantitative estimate of drug-likeness (QED) is 0.383. The minimum atomic E-state index is 0.415. The number of nitrogens with zero attached hydrogens (tertiary/aromatic N) is 1. The number of nitrogens with one attached hydrogen (secondary N) is 1. The molecule has 100 valence electrons. The summed E-state index contributed by atoms with van der Waals surface area (Å²) < 4.78 is 0. The lowest BCUT2D eigenvalue weighted by Crippen LogP contribution is -2.07. The van der Waals surface area contributed by atoms with Crippen LogP contribution >= 0.6 is 0 Å². The Morgan fingerprint density at radius 1 is 1.00 bits per heavy atom. The number of hydrogen-bond acceptors (Lipinski definition) is 3. The summed E-state index contributed by atoms with van der Waals surface area (Å²) in [6.45, 7) is 3.51. The molecule has 0 saturated carbocycles. The zero-order chi connectivity index (χ0) is 12.6. The normalized spacial score (nSPS) is 10.9. The van der Waals surface area contributed by atoms with Gasteiger partial charge in [-0.2, -0.15) is 4.91 Å². The van der Waals surface area contributed by atoms with Crippen molar-refractivity contribution in [2.24, 2.45) is 5.18 Å². The molecule has 0 aromatic rings. The Morgan fingerprint density at radius 3 is 2.41 bits per heavy atom. The fraction of sp³-hybridized carbons (Fsp3) is 0.857. The molecule has 0 aromatic heterocycles. The Hall–Kier alpha value is -0.860. The number of allylic oxidation sites excluding steroid dienone is 1. The first-order valence-corrected chi connectivity index (χ1v) is 7.09. The summed E-state index contributed by atoms with van der Waals surface area (Å²) >= 11 is 0. The second-order valence-corrected chi connectivity index (χ2v) is 4.47. The third-order valence-corrected chi connectivity index (χ3v) is 2.78. The number of nitroso groups, excluding NO2 is 1. The lowest BCUT2D eigenvalue weighted by atomic mass is 10.1. The SMILES string of the molecule is CCCCCCCCCC=CNCCCN=O. The maximum Gasteiger partial charge on any atom is 0.0827 e. The molecule has 0 aliphatic rings. The predicted octanol–water partition coefficient (Wildman–Crippen LogP) is 4.39. The molecule has 0 saturated heterocycles. The van der Waals surface area contributed by atoms with Crippen LogP contribution in [0.2, 0.25) is 0 Å². The zero-order valence-electron chi connectivity index (χ0n) is 11.3. The molecule has 3 heteroatoms. The molecular weight excluding hydrogens is 212 g/mol. The molecule has 0 fully saturated rings. The Balaban J connectivity index is 3.01. The van der Waals surface area contributed by atoms with Crippen LogP contribution in [0.15, 0.2) is 17.5 Å². The number of hydrogen-bond donors (Lipinski definition) is 1. The smallest absolute Gasteiger partial charge is 0.0827 e. The third kappa shape index (κ3) is 15.1. The van der Waals surface area contributed by atoms with E-state index in [4.69, 9.17) is 0 Å². The van der Waals surface area contributed by atoms with Crippen molar-refractivity contribution in [3.8, 4) is 0 Å². The highest BCUT2D eigenvalue weighted by Crippen LogP contribution is 2.08. The van der Waals surface area contributed by atoms with Gasteiger partial charge in [0, 0.05) is 6.54 Å². The predicted molar refractivity (Wildman–Crippen MR) is 75.0 cm³/mol. The second-order valence-electron chi connectivity index (χ2n) is 4.47. The van der Waals surface area contributed by atoms with Gasteiger partial charge in [0.1, 0.15) is 0 Å². The molecule has 0 unspecified atom stereocenters. The lowest BCUT2D eigenvalue weighted by Gasteiger charge is -1.99. The molecule has 1 N–H and O–H groups in total. The Bertz CT molecular complexity index is 181. The highest BCUT2D eigenvalue weighted by molar-refractivity contribution is 4.79. The molecule has 0 spiro atoms. The topological polar surface area (TPSA) is 41.5 Å². The van der Waals surface area contributed by atoms with Gasteiger partial charge in [0.05, 0.1) is 6.54 Å². The summed E-state index contributed by atoms with van der Waals surface area (Å²) in [5.74, 6) is 0. The summed E-state index contributed by atoms with van der Waals surface area (Å²) in [6.07, 6.45) is 15.7.